The summed E-state index contributed by atoms with van der Waals surface area (Å²) in [6.45, 7) is 2.16. The van der Waals surface area contributed by atoms with E-state index in [1.807, 2.05) is 0 Å². The summed E-state index contributed by atoms with van der Waals surface area (Å²) in [4.78, 5) is 0. The molecule has 0 nitrogen and oxygen atoms in total. The van der Waals surface area contributed by atoms with E-state index in [4.69, 9.17) is 0 Å². The Labute approximate surface area is 85.6 Å². The van der Waals surface area contributed by atoms with E-state index in [0.29, 0.717) is 0 Å². The Balaban J connectivity index is -0.00000000667. The summed E-state index contributed by atoms with van der Waals surface area (Å²) in [7, 11) is 0. The molecule has 0 rings (SSSR count). The minimum Gasteiger partial charge on any atom is -1.00 e. The van der Waals surface area contributed by atoms with E-state index < -0.39 is 0 Å². The van der Waals surface area contributed by atoms with Gasteiger partial charge in [-0.3, -0.25) is 0 Å². The van der Waals surface area contributed by atoms with Gasteiger partial charge < -0.3 is 50.9 Å². The summed E-state index contributed by atoms with van der Waals surface area (Å²) in [6, 6.07) is 0. The molecule has 0 N–H and O–H groups in total. The number of hydrogen-bond acceptors (Lipinski definition) is 0. The van der Waals surface area contributed by atoms with Gasteiger partial charge in [-0.25, -0.2) is 0 Å². The SMILES string of the molecule is C[CH2][Zr+3].[Br-].[Br-].[Br-]. The Hall–Kier alpha value is 2.32. The van der Waals surface area contributed by atoms with Crippen molar-refractivity contribution in [2.45, 2.75) is 11.1 Å². The average molecular weight is 360 g/mol. The van der Waals surface area contributed by atoms with Gasteiger partial charge in [0.2, 0.25) is 0 Å². The van der Waals surface area contributed by atoms with Crippen molar-refractivity contribution in [2.75, 3.05) is 0 Å². The van der Waals surface area contributed by atoms with Crippen molar-refractivity contribution in [3.05, 3.63) is 0 Å². The van der Waals surface area contributed by atoms with Crippen LogP contribution in [0.1, 0.15) is 6.92 Å². The van der Waals surface area contributed by atoms with Gasteiger partial charge >= 0.3 is 35.8 Å². The van der Waals surface area contributed by atoms with E-state index in [-0.39, 0.29) is 50.9 Å². The third-order valence-electron chi connectivity index (χ3n) is 0. The van der Waals surface area contributed by atoms with Crippen LogP contribution in [0, 0.1) is 0 Å². The molecule has 0 saturated heterocycles. The molecule has 0 fully saturated rings. The maximum atomic E-state index is 2.16. The topological polar surface area (TPSA) is 0 Å². The standard InChI is InChI=1S/C2H5.3BrH.Zr/c1-2;;;;/h1H2,2H3;3*1H;/q;;;;+3/p-3. The molecule has 0 bridgehead atoms. The normalized spacial score (nSPS) is 3.17. The average Bonchev–Trinajstić information content (AvgIpc) is 0.918. The first-order valence-corrected chi connectivity index (χ1v) is 2.80. The Bertz CT molecular complexity index is 8.75. The third-order valence-corrected chi connectivity index (χ3v) is 0. The molecule has 6 heavy (non-hydrogen) atoms. The number of hydrogen-bond donors (Lipinski definition) is 0. The quantitative estimate of drug-likeness (QED) is 0.403. The van der Waals surface area contributed by atoms with Crippen LogP contribution in [-0.4, -0.2) is 0 Å². The Kier molecular flexibility index (Phi) is 106. The van der Waals surface area contributed by atoms with Crippen molar-refractivity contribution in [3.63, 3.8) is 0 Å². The zero-order valence-corrected chi connectivity index (χ0v) is 10.6. The van der Waals surface area contributed by atoms with Crippen molar-refractivity contribution in [2.24, 2.45) is 0 Å². The van der Waals surface area contributed by atoms with Crippen LogP contribution < -0.4 is 50.9 Å². The van der Waals surface area contributed by atoms with E-state index in [9.17, 15) is 0 Å². The minimum atomic E-state index is 0. The van der Waals surface area contributed by atoms with Gasteiger partial charge in [-0.05, 0) is 0 Å². The fourth-order valence-corrected chi connectivity index (χ4v) is 0. The van der Waals surface area contributed by atoms with Crippen LogP contribution in [0.25, 0.3) is 0 Å². The van der Waals surface area contributed by atoms with Crippen LogP contribution in [0.15, 0.2) is 0 Å². The van der Waals surface area contributed by atoms with E-state index >= 15 is 0 Å². The zero-order valence-electron chi connectivity index (χ0n) is 3.34. The Morgan fingerprint density at radius 2 is 1.17 bits per heavy atom. The molecule has 38 valence electrons. The van der Waals surface area contributed by atoms with Crippen molar-refractivity contribution >= 4 is 0 Å². The molecule has 0 radical (unpaired) electrons. The van der Waals surface area contributed by atoms with Crippen molar-refractivity contribution in [3.8, 4) is 0 Å². The molecule has 4 heteroatoms. The minimum absolute atomic E-state index is 0. The summed E-state index contributed by atoms with van der Waals surface area (Å²) in [5, 5.41) is 0. The summed E-state index contributed by atoms with van der Waals surface area (Å²) in [5.74, 6) is 0. The van der Waals surface area contributed by atoms with Crippen molar-refractivity contribution in [1.29, 1.82) is 0 Å². The molecule has 0 aliphatic heterocycles. The van der Waals surface area contributed by atoms with Gasteiger partial charge in [0.05, 0.1) is 0 Å². The predicted octanol–water partition coefficient (Wildman–Crippen LogP) is -8.02. The van der Waals surface area contributed by atoms with Crippen LogP contribution in [-0.2, 0) is 24.7 Å². The van der Waals surface area contributed by atoms with Gasteiger partial charge in [0, 0.05) is 0 Å². The largest absolute Gasteiger partial charge is 1.00 e. The molecule has 0 aromatic heterocycles. The monoisotopic (exact) mass is 356 g/mol. The second-order valence-electron chi connectivity index (χ2n) is 0.354. The van der Waals surface area contributed by atoms with Gasteiger partial charge in [-0.2, -0.15) is 0 Å². The van der Waals surface area contributed by atoms with Crippen LogP contribution in [0.5, 0.6) is 0 Å². The fourth-order valence-electron chi connectivity index (χ4n) is 0. The molecule has 0 aromatic rings. The van der Waals surface area contributed by atoms with E-state index in [1.165, 1.54) is 4.13 Å². The van der Waals surface area contributed by atoms with Gasteiger partial charge in [0.25, 0.3) is 0 Å². The van der Waals surface area contributed by atoms with Gasteiger partial charge in [0.15, 0.2) is 0 Å². The summed E-state index contributed by atoms with van der Waals surface area (Å²) < 4.78 is 1.34. The molecular weight excluding hydrogens is 355 g/mol. The fraction of sp³-hybridized carbons (Fsp3) is 1.00. The van der Waals surface area contributed by atoms with Crippen molar-refractivity contribution < 1.29 is 75.7 Å². The van der Waals surface area contributed by atoms with Gasteiger partial charge in [-0.15, -0.1) is 0 Å². The van der Waals surface area contributed by atoms with Crippen LogP contribution in [0.2, 0.25) is 4.13 Å². The molecule has 0 amide bonds. The Morgan fingerprint density at radius 1 is 1.17 bits per heavy atom. The number of rotatable bonds is 0. The molecule has 0 atom stereocenters. The second-order valence-corrected chi connectivity index (χ2v) is 2.09. The van der Waals surface area contributed by atoms with Crippen LogP contribution in [0.4, 0.5) is 0 Å². The molecule has 0 spiro atoms. The molecule has 0 heterocycles. The zero-order chi connectivity index (χ0) is 2.71. The van der Waals surface area contributed by atoms with Crippen LogP contribution >= 0.6 is 0 Å². The maximum absolute atomic E-state index is 2.16. The molecular formula is C2H5Br3Zr. The molecule has 0 aromatic carbocycles. The third kappa shape index (κ3) is 33.2. The van der Waals surface area contributed by atoms with E-state index in [1.54, 1.807) is 24.7 Å². The first-order valence-electron chi connectivity index (χ1n) is 1.06. The molecule has 0 aliphatic carbocycles. The summed E-state index contributed by atoms with van der Waals surface area (Å²) in [5.41, 5.74) is 0. The summed E-state index contributed by atoms with van der Waals surface area (Å²) >= 11 is 1.64. The van der Waals surface area contributed by atoms with Crippen LogP contribution in [0.3, 0.4) is 0 Å². The molecule has 0 unspecified atom stereocenters. The summed E-state index contributed by atoms with van der Waals surface area (Å²) in [6.07, 6.45) is 0. The maximum Gasteiger partial charge on any atom is -1.00 e. The molecule has 0 saturated carbocycles. The first kappa shape index (κ1) is 23.9. The van der Waals surface area contributed by atoms with E-state index in [0.717, 1.165) is 0 Å². The van der Waals surface area contributed by atoms with Crippen molar-refractivity contribution in [1.82, 2.24) is 0 Å². The molecule has 0 aliphatic rings. The van der Waals surface area contributed by atoms with Gasteiger partial charge in [0.1, 0.15) is 0 Å². The second kappa shape index (κ2) is 26.5. The van der Waals surface area contributed by atoms with Gasteiger partial charge in [-0.1, -0.05) is 0 Å². The smallest absolute Gasteiger partial charge is 1.00 e. The predicted molar refractivity (Wildman–Crippen MR) is 10.5 cm³/mol. The first-order chi connectivity index (χ1) is 1.41. The Morgan fingerprint density at radius 3 is 1.17 bits per heavy atom. The van der Waals surface area contributed by atoms with E-state index in [2.05, 4.69) is 6.92 Å². The number of halogens is 3.